The highest BCUT2D eigenvalue weighted by molar-refractivity contribution is 5.99. The van der Waals surface area contributed by atoms with Crippen molar-refractivity contribution >= 4 is 5.78 Å². The van der Waals surface area contributed by atoms with Gasteiger partial charge in [-0.2, -0.15) is 0 Å². The molecule has 1 aromatic rings. The lowest BCUT2D eigenvalue weighted by Crippen LogP contribution is -2.20. The van der Waals surface area contributed by atoms with Gasteiger partial charge in [0.1, 0.15) is 6.10 Å². The standard InChI is InChI=1S/C13H18O2.CH4/c1-2-3-5-10-12(14)13(15)11-8-6-4-7-9-11;/h4,6-9,12,14H,2-3,5,10H2,1H3;1H4. The van der Waals surface area contributed by atoms with Gasteiger partial charge in [0.2, 0.25) is 0 Å². The van der Waals surface area contributed by atoms with Gasteiger partial charge in [-0.3, -0.25) is 4.79 Å². The molecule has 1 atom stereocenters. The average Bonchev–Trinajstić information content (AvgIpc) is 2.29. The predicted octanol–water partition coefficient (Wildman–Crippen LogP) is 3.45. The van der Waals surface area contributed by atoms with Crippen LogP contribution in [0.4, 0.5) is 0 Å². The summed E-state index contributed by atoms with van der Waals surface area (Å²) in [5, 5.41) is 9.65. The van der Waals surface area contributed by atoms with Crippen molar-refractivity contribution in [3.8, 4) is 0 Å². The van der Waals surface area contributed by atoms with E-state index in [4.69, 9.17) is 0 Å². The van der Waals surface area contributed by atoms with Gasteiger partial charge in [0.05, 0.1) is 0 Å². The van der Waals surface area contributed by atoms with Crippen LogP contribution in [0, 0.1) is 0 Å². The number of benzene rings is 1. The van der Waals surface area contributed by atoms with Crippen molar-refractivity contribution in [3.05, 3.63) is 35.9 Å². The summed E-state index contributed by atoms with van der Waals surface area (Å²) in [6, 6.07) is 8.97. The maximum Gasteiger partial charge on any atom is 0.191 e. The van der Waals surface area contributed by atoms with Gasteiger partial charge in [-0.1, -0.05) is 63.9 Å². The largest absolute Gasteiger partial charge is 0.385 e. The number of aliphatic hydroxyl groups is 1. The minimum atomic E-state index is -0.834. The normalized spacial score (nSPS) is 11.6. The van der Waals surface area contributed by atoms with Gasteiger partial charge >= 0.3 is 0 Å². The highest BCUT2D eigenvalue weighted by Gasteiger charge is 2.15. The van der Waals surface area contributed by atoms with E-state index in [9.17, 15) is 9.90 Å². The molecule has 90 valence electrons. The average molecular weight is 222 g/mol. The fraction of sp³-hybridized carbons (Fsp3) is 0.500. The second-order valence-electron chi connectivity index (χ2n) is 3.74. The van der Waals surface area contributed by atoms with Crippen LogP contribution in [0.1, 0.15) is 50.4 Å². The van der Waals surface area contributed by atoms with Crippen LogP contribution in [0.2, 0.25) is 0 Å². The molecule has 2 heteroatoms. The SMILES string of the molecule is C.CCCCCC(O)C(=O)c1ccccc1. The maximum absolute atomic E-state index is 11.7. The number of carbonyl (C=O) groups is 1. The molecule has 2 nitrogen and oxygen atoms in total. The molecule has 1 N–H and O–H groups in total. The Kier molecular flexibility index (Phi) is 7.48. The van der Waals surface area contributed by atoms with Gasteiger partial charge in [-0.05, 0) is 6.42 Å². The second-order valence-corrected chi connectivity index (χ2v) is 3.74. The lowest BCUT2D eigenvalue weighted by atomic mass is 10.0. The lowest BCUT2D eigenvalue weighted by molar-refractivity contribution is 0.0725. The van der Waals surface area contributed by atoms with E-state index in [2.05, 4.69) is 6.92 Å². The molecule has 0 saturated heterocycles. The summed E-state index contributed by atoms with van der Waals surface area (Å²) < 4.78 is 0. The van der Waals surface area contributed by atoms with E-state index in [1.54, 1.807) is 12.1 Å². The smallest absolute Gasteiger partial charge is 0.191 e. The molecule has 16 heavy (non-hydrogen) atoms. The third kappa shape index (κ3) is 4.58. The van der Waals surface area contributed by atoms with E-state index < -0.39 is 6.10 Å². The fourth-order valence-electron chi connectivity index (χ4n) is 1.51. The quantitative estimate of drug-likeness (QED) is 0.591. The monoisotopic (exact) mass is 222 g/mol. The zero-order valence-electron chi connectivity index (χ0n) is 9.15. The van der Waals surface area contributed by atoms with E-state index in [1.807, 2.05) is 18.2 Å². The molecule has 0 saturated carbocycles. The summed E-state index contributed by atoms with van der Waals surface area (Å²) in [4.78, 5) is 11.7. The van der Waals surface area contributed by atoms with Crippen LogP contribution in [-0.2, 0) is 0 Å². The van der Waals surface area contributed by atoms with E-state index >= 15 is 0 Å². The first-order valence-corrected chi connectivity index (χ1v) is 5.53. The molecule has 0 bridgehead atoms. The van der Waals surface area contributed by atoms with Crippen molar-refractivity contribution in [2.24, 2.45) is 0 Å². The zero-order valence-corrected chi connectivity index (χ0v) is 9.15. The Morgan fingerprint density at radius 3 is 2.44 bits per heavy atom. The van der Waals surface area contributed by atoms with Crippen molar-refractivity contribution in [1.82, 2.24) is 0 Å². The van der Waals surface area contributed by atoms with Crippen LogP contribution >= 0.6 is 0 Å². The number of carbonyl (C=O) groups excluding carboxylic acids is 1. The van der Waals surface area contributed by atoms with Crippen LogP contribution in [0.25, 0.3) is 0 Å². The van der Waals surface area contributed by atoms with Gasteiger partial charge in [0, 0.05) is 5.56 Å². The van der Waals surface area contributed by atoms with E-state index in [1.165, 1.54) is 0 Å². The van der Waals surface area contributed by atoms with E-state index in [-0.39, 0.29) is 13.2 Å². The molecule has 0 aliphatic rings. The third-order valence-corrected chi connectivity index (χ3v) is 2.44. The van der Waals surface area contributed by atoms with Crippen molar-refractivity contribution in [1.29, 1.82) is 0 Å². The molecule has 0 radical (unpaired) electrons. The zero-order chi connectivity index (χ0) is 11.1. The Morgan fingerprint density at radius 1 is 1.25 bits per heavy atom. The number of aliphatic hydroxyl groups excluding tert-OH is 1. The van der Waals surface area contributed by atoms with Gasteiger partial charge < -0.3 is 5.11 Å². The first-order chi connectivity index (χ1) is 7.25. The second kappa shape index (κ2) is 8.05. The Morgan fingerprint density at radius 2 is 1.88 bits per heavy atom. The Balaban J connectivity index is 0.00000225. The first-order valence-electron chi connectivity index (χ1n) is 5.53. The molecule has 0 amide bonds. The van der Waals surface area contributed by atoms with Crippen molar-refractivity contribution in [2.45, 2.75) is 46.1 Å². The molecule has 0 aliphatic heterocycles. The van der Waals surface area contributed by atoms with Crippen molar-refractivity contribution < 1.29 is 9.90 Å². The summed E-state index contributed by atoms with van der Waals surface area (Å²) in [7, 11) is 0. The molecule has 1 rings (SSSR count). The van der Waals surface area contributed by atoms with Crippen LogP contribution < -0.4 is 0 Å². The molecule has 0 aliphatic carbocycles. The Hall–Kier alpha value is -1.15. The Bertz CT molecular complexity index is 293. The molecule has 0 fully saturated rings. The van der Waals surface area contributed by atoms with Gasteiger partial charge in [-0.25, -0.2) is 0 Å². The fourth-order valence-corrected chi connectivity index (χ4v) is 1.51. The summed E-state index contributed by atoms with van der Waals surface area (Å²) in [5.74, 6) is -0.160. The number of unbranched alkanes of at least 4 members (excludes halogenated alkanes) is 2. The molecular weight excluding hydrogens is 200 g/mol. The lowest BCUT2D eigenvalue weighted by Gasteiger charge is -2.08. The van der Waals surface area contributed by atoms with Crippen molar-refractivity contribution in [3.63, 3.8) is 0 Å². The third-order valence-electron chi connectivity index (χ3n) is 2.44. The highest BCUT2D eigenvalue weighted by Crippen LogP contribution is 2.09. The molecule has 1 aromatic carbocycles. The molecular formula is C14H22O2. The van der Waals surface area contributed by atoms with Crippen molar-refractivity contribution in [2.75, 3.05) is 0 Å². The molecule has 0 heterocycles. The number of rotatable bonds is 6. The number of ketones is 1. The predicted molar refractivity (Wildman–Crippen MR) is 67.7 cm³/mol. The summed E-state index contributed by atoms with van der Waals surface area (Å²) in [6.45, 7) is 2.10. The Labute approximate surface area is 98.3 Å². The first kappa shape index (κ1) is 14.8. The van der Waals surface area contributed by atoms with Gasteiger partial charge in [0.25, 0.3) is 0 Å². The van der Waals surface area contributed by atoms with E-state index in [0.717, 1.165) is 19.3 Å². The van der Waals surface area contributed by atoms with Gasteiger partial charge in [-0.15, -0.1) is 0 Å². The number of hydrogen-bond acceptors (Lipinski definition) is 2. The van der Waals surface area contributed by atoms with E-state index in [0.29, 0.717) is 12.0 Å². The summed E-state index contributed by atoms with van der Waals surface area (Å²) in [5.41, 5.74) is 0.599. The van der Waals surface area contributed by atoms with Crippen LogP contribution in [-0.4, -0.2) is 17.0 Å². The number of hydrogen-bond donors (Lipinski definition) is 1. The van der Waals surface area contributed by atoms with Crippen LogP contribution in [0.15, 0.2) is 30.3 Å². The van der Waals surface area contributed by atoms with Crippen LogP contribution in [0.3, 0.4) is 0 Å². The summed E-state index contributed by atoms with van der Waals surface area (Å²) >= 11 is 0. The topological polar surface area (TPSA) is 37.3 Å². The molecule has 0 aromatic heterocycles. The minimum absolute atomic E-state index is 0. The van der Waals surface area contributed by atoms with Gasteiger partial charge in [0.15, 0.2) is 5.78 Å². The van der Waals surface area contributed by atoms with Crippen LogP contribution in [0.5, 0.6) is 0 Å². The minimum Gasteiger partial charge on any atom is -0.385 e. The molecule has 0 spiro atoms. The number of Topliss-reactive ketones (excluding diaryl/α,β-unsaturated/α-hetero) is 1. The highest BCUT2D eigenvalue weighted by atomic mass is 16.3. The summed E-state index contributed by atoms with van der Waals surface area (Å²) in [6.07, 6.45) is 2.82. The molecule has 1 unspecified atom stereocenters. The maximum atomic E-state index is 11.7.